The molecule has 0 aromatic carbocycles. The number of nitrogens with one attached hydrogen (secondary N) is 1. The number of rotatable bonds is 5. The van der Waals surface area contributed by atoms with Crippen molar-refractivity contribution in [3.05, 3.63) is 47.6 Å². The van der Waals surface area contributed by atoms with Crippen LogP contribution >= 0.6 is 0 Å². The Morgan fingerprint density at radius 3 is 2.73 bits per heavy atom. The number of amides is 1. The second kappa shape index (κ2) is 8.28. The van der Waals surface area contributed by atoms with Gasteiger partial charge in [-0.05, 0) is 37.6 Å². The van der Waals surface area contributed by atoms with E-state index in [2.05, 4.69) is 10.3 Å². The number of nitrogens with zero attached hydrogens (tertiary/aromatic N) is 2. The van der Waals surface area contributed by atoms with E-state index in [1.54, 1.807) is 4.90 Å². The molecule has 1 saturated heterocycles. The van der Waals surface area contributed by atoms with Crippen LogP contribution in [-0.4, -0.2) is 36.1 Å². The van der Waals surface area contributed by atoms with Gasteiger partial charge in [0.25, 0.3) is 0 Å². The zero-order valence-corrected chi connectivity index (χ0v) is 17.1. The Hall–Kier alpha value is -2.58. The number of allylic oxidation sites excluding steroid dienone is 2. The highest BCUT2D eigenvalue weighted by molar-refractivity contribution is 5.73. The molecule has 1 unspecified atom stereocenters. The largest absolute Gasteiger partial charge is 0.489 e. The van der Waals surface area contributed by atoms with Crippen molar-refractivity contribution < 1.29 is 27.1 Å². The van der Waals surface area contributed by atoms with E-state index in [1.165, 1.54) is 13.0 Å². The van der Waals surface area contributed by atoms with Gasteiger partial charge in [0.15, 0.2) is 11.5 Å². The zero-order chi connectivity index (χ0) is 22.1. The standard InChI is InChI=1S/C21H25F4N3O2/c1-13(26-14(2)29)20(3)9-6-15(7-10-20)30-16-8-11-28(12-16)18-5-4-17(22)19(27-18)21(23,24)25/h4-7,9,13,16H,8,10-12H2,1-3H3,(H,26,29)/t13-,16+,20?/m0/s1. The molecule has 1 aromatic rings. The summed E-state index contributed by atoms with van der Waals surface area (Å²) in [7, 11) is 0. The molecule has 0 radical (unpaired) electrons. The first-order valence-electron chi connectivity index (χ1n) is 9.80. The van der Waals surface area contributed by atoms with Crippen LogP contribution in [0.1, 0.15) is 39.3 Å². The number of halogens is 4. The Bertz CT molecular complexity index is 868. The molecule has 0 spiro atoms. The smallest absolute Gasteiger partial charge is 0.436 e. The molecule has 3 atom stereocenters. The van der Waals surface area contributed by atoms with Crippen LogP contribution in [0.15, 0.2) is 36.1 Å². The van der Waals surface area contributed by atoms with Crippen LogP contribution in [0.3, 0.4) is 0 Å². The maximum Gasteiger partial charge on any atom is 0.436 e. The van der Waals surface area contributed by atoms with Crippen LogP contribution in [0.4, 0.5) is 23.4 Å². The van der Waals surface area contributed by atoms with Gasteiger partial charge in [-0.1, -0.05) is 13.0 Å². The van der Waals surface area contributed by atoms with E-state index in [0.717, 1.165) is 6.07 Å². The van der Waals surface area contributed by atoms with Crippen LogP contribution in [0, 0.1) is 11.2 Å². The molecule has 1 aliphatic carbocycles. The lowest BCUT2D eigenvalue weighted by molar-refractivity contribution is -0.143. The maximum absolute atomic E-state index is 13.5. The van der Waals surface area contributed by atoms with Gasteiger partial charge in [0.2, 0.25) is 5.91 Å². The van der Waals surface area contributed by atoms with E-state index in [1.807, 2.05) is 32.1 Å². The van der Waals surface area contributed by atoms with E-state index in [-0.39, 0.29) is 29.3 Å². The highest BCUT2D eigenvalue weighted by Gasteiger charge is 2.37. The van der Waals surface area contributed by atoms with Crippen molar-refractivity contribution in [3.63, 3.8) is 0 Å². The topological polar surface area (TPSA) is 54.5 Å². The van der Waals surface area contributed by atoms with Crippen molar-refractivity contribution in [1.29, 1.82) is 0 Å². The van der Waals surface area contributed by atoms with Crippen LogP contribution in [-0.2, 0) is 15.7 Å². The van der Waals surface area contributed by atoms with Gasteiger partial charge in [-0.25, -0.2) is 9.37 Å². The van der Waals surface area contributed by atoms with Crippen molar-refractivity contribution in [2.45, 2.75) is 51.9 Å². The Morgan fingerprint density at radius 2 is 2.13 bits per heavy atom. The molecule has 2 aliphatic rings. The number of hydrogen-bond donors (Lipinski definition) is 1. The Balaban J connectivity index is 1.60. The molecular formula is C21H25F4N3O2. The number of alkyl halides is 3. The van der Waals surface area contributed by atoms with Gasteiger partial charge in [-0.15, -0.1) is 0 Å². The summed E-state index contributed by atoms with van der Waals surface area (Å²) in [6.07, 6.45) is 2.08. The molecule has 1 aromatic heterocycles. The average molecular weight is 427 g/mol. The summed E-state index contributed by atoms with van der Waals surface area (Å²) in [5, 5.41) is 2.90. The van der Waals surface area contributed by atoms with Gasteiger partial charge >= 0.3 is 6.18 Å². The van der Waals surface area contributed by atoms with E-state index in [9.17, 15) is 22.4 Å². The molecule has 5 nitrogen and oxygen atoms in total. The minimum atomic E-state index is -4.84. The molecular weight excluding hydrogens is 402 g/mol. The third-order valence-corrected chi connectivity index (χ3v) is 5.65. The predicted molar refractivity (Wildman–Crippen MR) is 104 cm³/mol. The number of pyridine rings is 1. The Labute approximate surface area is 172 Å². The Kier molecular flexibility index (Phi) is 6.10. The molecule has 1 fully saturated rings. The summed E-state index contributed by atoms with van der Waals surface area (Å²) in [5.41, 5.74) is -1.73. The SMILES string of the molecule is CC(=O)N[C@@H](C)C1(C)C=CC(O[C@@H]2CCN(c3ccc(F)c(C(F)(F)F)n3)C2)=CC1. The predicted octanol–water partition coefficient (Wildman–Crippen LogP) is 4.21. The minimum Gasteiger partial charge on any atom is -0.489 e. The summed E-state index contributed by atoms with van der Waals surface area (Å²) >= 11 is 0. The third-order valence-electron chi connectivity index (χ3n) is 5.65. The molecule has 0 bridgehead atoms. The summed E-state index contributed by atoms with van der Waals surface area (Å²) in [6.45, 7) is 6.31. The van der Waals surface area contributed by atoms with Gasteiger partial charge in [-0.2, -0.15) is 13.2 Å². The first-order valence-corrected chi connectivity index (χ1v) is 9.80. The van der Waals surface area contributed by atoms with Crippen molar-refractivity contribution >= 4 is 11.7 Å². The highest BCUT2D eigenvalue weighted by atomic mass is 19.4. The number of carbonyl (C=O) groups excluding carboxylic acids is 1. The summed E-state index contributed by atoms with van der Waals surface area (Å²) in [4.78, 5) is 16.4. The molecule has 1 N–H and O–H groups in total. The third kappa shape index (κ3) is 4.94. The van der Waals surface area contributed by atoms with Crippen molar-refractivity contribution in [1.82, 2.24) is 10.3 Å². The van der Waals surface area contributed by atoms with Gasteiger partial charge in [0.05, 0.1) is 6.54 Å². The van der Waals surface area contributed by atoms with Gasteiger partial charge in [-0.3, -0.25) is 4.79 Å². The summed E-state index contributed by atoms with van der Waals surface area (Å²) < 4.78 is 58.2. The van der Waals surface area contributed by atoms with Gasteiger partial charge in [0, 0.05) is 31.3 Å². The molecule has 30 heavy (non-hydrogen) atoms. The van der Waals surface area contributed by atoms with Crippen LogP contribution < -0.4 is 10.2 Å². The second-order valence-electron chi connectivity index (χ2n) is 8.04. The van der Waals surface area contributed by atoms with E-state index >= 15 is 0 Å². The van der Waals surface area contributed by atoms with Crippen LogP contribution in [0.5, 0.6) is 0 Å². The lowest BCUT2D eigenvalue weighted by Gasteiger charge is -2.34. The molecule has 3 rings (SSSR count). The normalized spacial score (nSPS) is 25.1. The summed E-state index contributed by atoms with van der Waals surface area (Å²) in [5.74, 6) is -0.693. The molecule has 164 valence electrons. The molecule has 0 saturated carbocycles. The fourth-order valence-electron chi connectivity index (χ4n) is 3.64. The number of hydrogen-bond acceptors (Lipinski definition) is 4. The molecule has 1 amide bonds. The van der Waals surface area contributed by atoms with Gasteiger partial charge < -0.3 is 15.0 Å². The fourth-order valence-corrected chi connectivity index (χ4v) is 3.64. The maximum atomic E-state index is 13.5. The fraction of sp³-hybridized carbons (Fsp3) is 0.524. The van der Waals surface area contributed by atoms with Crippen molar-refractivity contribution in [2.24, 2.45) is 5.41 Å². The van der Waals surface area contributed by atoms with Crippen LogP contribution in [0.25, 0.3) is 0 Å². The van der Waals surface area contributed by atoms with Crippen LogP contribution in [0.2, 0.25) is 0 Å². The zero-order valence-electron chi connectivity index (χ0n) is 17.1. The highest BCUT2D eigenvalue weighted by Crippen LogP contribution is 2.35. The van der Waals surface area contributed by atoms with E-state index in [0.29, 0.717) is 31.7 Å². The monoisotopic (exact) mass is 427 g/mol. The number of carbonyl (C=O) groups is 1. The molecule has 1 aliphatic heterocycles. The average Bonchev–Trinajstić information content (AvgIpc) is 3.11. The van der Waals surface area contributed by atoms with E-state index < -0.39 is 17.7 Å². The summed E-state index contributed by atoms with van der Waals surface area (Å²) in [6, 6.07) is 2.00. The quantitative estimate of drug-likeness (QED) is 0.716. The number of aromatic nitrogens is 1. The lowest BCUT2D eigenvalue weighted by atomic mass is 9.77. The van der Waals surface area contributed by atoms with Gasteiger partial charge in [0.1, 0.15) is 17.7 Å². The van der Waals surface area contributed by atoms with E-state index in [4.69, 9.17) is 4.74 Å². The lowest BCUT2D eigenvalue weighted by Crippen LogP contribution is -2.43. The van der Waals surface area contributed by atoms with Crippen molar-refractivity contribution in [2.75, 3.05) is 18.0 Å². The number of ether oxygens (including phenoxy) is 1. The number of anilines is 1. The first kappa shape index (κ1) is 22.1. The van der Waals surface area contributed by atoms with Crippen molar-refractivity contribution in [3.8, 4) is 0 Å². The Morgan fingerprint density at radius 1 is 1.40 bits per heavy atom. The second-order valence-corrected chi connectivity index (χ2v) is 8.04. The first-order chi connectivity index (χ1) is 14.0. The molecule has 9 heteroatoms. The molecule has 2 heterocycles. The minimum absolute atomic E-state index is 0.0431.